The summed E-state index contributed by atoms with van der Waals surface area (Å²) in [7, 11) is 0. The van der Waals surface area contributed by atoms with Gasteiger partial charge in [0.15, 0.2) is 5.84 Å². The Morgan fingerprint density at radius 1 is 1.57 bits per heavy atom. The Bertz CT molecular complexity index is 231. The third-order valence-corrected chi connectivity index (χ3v) is 3.30. The minimum absolute atomic E-state index is 0.176. The van der Waals surface area contributed by atoms with Gasteiger partial charge in [0.25, 0.3) is 0 Å². The lowest BCUT2D eigenvalue weighted by Gasteiger charge is -2.32. The first-order valence-corrected chi connectivity index (χ1v) is 5.06. The van der Waals surface area contributed by atoms with Gasteiger partial charge in [0, 0.05) is 12.1 Å². The van der Waals surface area contributed by atoms with Crippen LogP contribution >= 0.6 is 0 Å². The standard InChI is InChI=1S/C9H17N3O2/c10-8(11-13)6-12-4-1-2-9(12)3-5-14-7-9/h13H,1-7H2,(H2,10,11). The highest BCUT2D eigenvalue weighted by atomic mass is 16.5. The number of amidine groups is 1. The van der Waals surface area contributed by atoms with Gasteiger partial charge >= 0.3 is 0 Å². The third-order valence-electron chi connectivity index (χ3n) is 3.30. The number of likely N-dealkylation sites (tertiary alicyclic amines) is 1. The van der Waals surface area contributed by atoms with E-state index in [0.717, 1.165) is 26.2 Å². The number of nitrogens with two attached hydrogens (primary N) is 1. The topological polar surface area (TPSA) is 71.1 Å². The van der Waals surface area contributed by atoms with Crippen molar-refractivity contribution in [3.05, 3.63) is 0 Å². The van der Waals surface area contributed by atoms with Gasteiger partial charge in [0.1, 0.15) is 0 Å². The zero-order valence-electron chi connectivity index (χ0n) is 8.28. The molecular weight excluding hydrogens is 182 g/mol. The van der Waals surface area contributed by atoms with Crippen molar-refractivity contribution in [2.75, 3.05) is 26.3 Å². The summed E-state index contributed by atoms with van der Waals surface area (Å²) in [6, 6.07) is 0. The Morgan fingerprint density at radius 3 is 3.07 bits per heavy atom. The van der Waals surface area contributed by atoms with Gasteiger partial charge in [0.2, 0.25) is 0 Å². The molecule has 0 radical (unpaired) electrons. The van der Waals surface area contributed by atoms with Crippen molar-refractivity contribution in [3.8, 4) is 0 Å². The maximum atomic E-state index is 8.53. The summed E-state index contributed by atoms with van der Waals surface area (Å²) < 4.78 is 5.44. The van der Waals surface area contributed by atoms with Gasteiger partial charge in [-0.05, 0) is 25.8 Å². The maximum Gasteiger partial charge on any atom is 0.153 e. The van der Waals surface area contributed by atoms with Crippen LogP contribution in [-0.4, -0.2) is 47.8 Å². The third kappa shape index (κ3) is 1.57. The van der Waals surface area contributed by atoms with E-state index in [9.17, 15) is 0 Å². The molecule has 0 bridgehead atoms. The minimum Gasteiger partial charge on any atom is -0.409 e. The largest absolute Gasteiger partial charge is 0.409 e. The van der Waals surface area contributed by atoms with E-state index in [-0.39, 0.29) is 11.4 Å². The quantitative estimate of drug-likeness (QED) is 0.284. The van der Waals surface area contributed by atoms with Gasteiger partial charge in [-0.25, -0.2) is 0 Å². The summed E-state index contributed by atoms with van der Waals surface area (Å²) >= 11 is 0. The van der Waals surface area contributed by atoms with E-state index in [4.69, 9.17) is 15.7 Å². The summed E-state index contributed by atoms with van der Waals surface area (Å²) in [5.41, 5.74) is 5.70. The predicted molar refractivity (Wildman–Crippen MR) is 52.4 cm³/mol. The smallest absolute Gasteiger partial charge is 0.153 e. The summed E-state index contributed by atoms with van der Waals surface area (Å²) in [5.74, 6) is 0.290. The molecule has 2 saturated heterocycles. The van der Waals surface area contributed by atoms with Crippen molar-refractivity contribution in [3.63, 3.8) is 0 Å². The molecule has 0 aromatic heterocycles. The van der Waals surface area contributed by atoms with E-state index < -0.39 is 0 Å². The first-order valence-electron chi connectivity index (χ1n) is 5.06. The van der Waals surface area contributed by atoms with Crippen molar-refractivity contribution in [1.82, 2.24) is 4.90 Å². The molecule has 1 unspecified atom stereocenters. The zero-order chi connectivity index (χ0) is 10.0. The number of oxime groups is 1. The van der Waals surface area contributed by atoms with Crippen LogP contribution in [0.1, 0.15) is 19.3 Å². The Hall–Kier alpha value is -0.810. The van der Waals surface area contributed by atoms with Gasteiger partial charge < -0.3 is 15.7 Å². The zero-order valence-corrected chi connectivity index (χ0v) is 8.28. The van der Waals surface area contributed by atoms with Crippen LogP contribution in [0.2, 0.25) is 0 Å². The molecule has 1 spiro atoms. The second-order valence-corrected chi connectivity index (χ2v) is 4.14. The highest BCUT2D eigenvalue weighted by Gasteiger charge is 2.43. The number of ether oxygens (including phenoxy) is 1. The van der Waals surface area contributed by atoms with E-state index >= 15 is 0 Å². The molecule has 5 heteroatoms. The lowest BCUT2D eigenvalue weighted by Crippen LogP contribution is -2.48. The van der Waals surface area contributed by atoms with Crippen LogP contribution in [0.3, 0.4) is 0 Å². The number of nitrogens with zero attached hydrogens (tertiary/aromatic N) is 2. The van der Waals surface area contributed by atoms with Gasteiger partial charge in [-0.2, -0.15) is 0 Å². The van der Waals surface area contributed by atoms with Crippen LogP contribution in [-0.2, 0) is 4.74 Å². The van der Waals surface area contributed by atoms with Crippen LogP contribution < -0.4 is 5.73 Å². The second kappa shape index (κ2) is 3.74. The molecule has 3 N–H and O–H groups in total. The van der Waals surface area contributed by atoms with E-state index in [1.807, 2.05) is 0 Å². The van der Waals surface area contributed by atoms with E-state index in [0.29, 0.717) is 6.54 Å². The molecule has 2 aliphatic heterocycles. The highest BCUT2D eigenvalue weighted by molar-refractivity contribution is 5.81. The normalized spacial score (nSPS) is 34.4. The van der Waals surface area contributed by atoms with Crippen LogP contribution in [0, 0.1) is 0 Å². The summed E-state index contributed by atoms with van der Waals surface area (Å²) in [6.45, 7) is 3.22. The first-order chi connectivity index (χ1) is 6.77. The van der Waals surface area contributed by atoms with E-state index in [2.05, 4.69) is 10.1 Å². The van der Waals surface area contributed by atoms with E-state index in [1.54, 1.807) is 0 Å². The van der Waals surface area contributed by atoms with Gasteiger partial charge in [-0.3, -0.25) is 4.90 Å². The maximum absolute atomic E-state index is 8.53. The van der Waals surface area contributed by atoms with Crippen LogP contribution in [0.25, 0.3) is 0 Å². The van der Waals surface area contributed by atoms with Crippen LogP contribution in [0.4, 0.5) is 0 Å². The van der Waals surface area contributed by atoms with Crippen molar-refractivity contribution < 1.29 is 9.94 Å². The molecule has 0 aromatic carbocycles. The fourth-order valence-corrected chi connectivity index (χ4v) is 2.51. The molecule has 0 saturated carbocycles. The summed E-state index contributed by atoms with van der Waals surface area (Å²) in [4.78, 5) is 2.29. The molecule has 1 atom stereocenters. The molecule has 0 aliphatic carbocycles. The lowest BCUT2D eigenvalue weighted by molar-refractivity contribution is 0.112. The molecule has 0 amide bonds. The molecule has 80 valence electrons. The van der Waals surface area contributed by atoms with Gasteiger partial charge in [-0.15, -0.1) is 0 Å². The molecule has 0 aromatic rings. The molecule has 5 nitrogen and oxygen atoms in total. The van der Waals surface area contributed by atoms with Crippen LogP contribution in [0.15, 0.2) is 5.16 Å². The Kier molecular flexibility index (Phi) is 2.60. The molecule has 2 heterocycles. The Balaban J connectivity index is 2.03. The van der Waals surface area contributed by atoms with Gasteiger partial charge in [0.05, 0.1) is 13.2 Å². The number of hydrogen-bond acceptors (Lipinski definition) is 4. The molecular formula is C9H17N3O2. The Morgan fingerprint density at radius 2 is 2.43 bits per heavy atom. The molecule has 2 rings (SSSR count). The van der Waals surface area contributed by atoms with Crippen molar-refractivity contribution >= 4 is 5.84 Å². The van der Waals surface area contributed by atoms with Crippen molar-refractivity contribution in [2.45, 2.75) is 24.8 Å². The number of rotatable bonds is 2. The SMILES string of the molecule is N/C(CN1CCCC12CCOC2)=N\O. The highest BCUT2D eigenvalue weighted by Crippen LogP contribution is 2.35. The minimum atomic E-state index is 0.176. The van der Waals surface area contributed by atoms with Gasteiger partial charge in [-0.1, -0.05) is 5.16 Å². The summed E-state index contributed by atoms with van der Waals surface area (Å²) in [5, 5.41) is 11.5. The lowest BCUT2D eigenvalue weighted by atomic mass is 9.95. The van der Waals surface area contributed by atoms with E-state index in [1.165, 1.54) is 12.8 Å². The van der Waals surface area contributed by atoms with Crippen molar-refractivity contribution in [1.29, 1.82) is 0 Å². The van der Waals surface area contributed by atoms with Crippen molar-refractivity contribution in [2.24, 2.45) is 10.9 Å². The monoisotopic (exact) mass is 199 g/mol. The molecule has 2 aliphatic rings. The molecule has 14 heavy (non-hydrogen) atoms. The fourth-order valence-electron chi connectivity index (χ4n) is 2.51. The molecule has 2 fully saturated rings. The number of hydrogen-bond donors (Lipinski definition) is 2. The average molecular weight is 199 g/mol. The first kappa shape index (κ1) is 9.73. The summed E-state index contributed by atoms with van der Waals surface area (Å²) in [6.07, 6.45) is 3.43. The van der Waals surface area contributed by atoms with Crippen LogP contribution in [0.5, 0.6) is 0 Å². The Labute approximate surface area is 83.5 Å². The fraction of sp³-hybridized carbons (Fsp3) is 0.889. The second-order valence-electron chi connectivity index (χ2n) is 4.14. The average Bonchev–Trinajstić information content (AvgIpc) is 2.79. The predicted octanol–water partition coefficient (Wildman–Crippen LogP) is -0.0123.